The van der Waals surface area contributed by atoms with Gasteiger partial charge in [-0.05, 0) is 37.0 Å². The van der Waals surface area contributed by atoms with Gasteiger partial charge in [0.1, 0.15) is 10.7 Å². The summed E-state index contributed by atoms with van der Waals surface area (Å²) in [6.45, 7) is 6.04. The van der Waals surface area contributed by atoms with Crippen molar-refractivity contribution in [3.63, 3.8) is 0 Å². The number of nitrogens with zero attached hydrogens (tertiary/aromatic N) is 1. The number of benzene rings is 1. The maximum atomic E-state index is 13.8. The molecule has 0 spiro atoms. The van der Waals surface area contributed by atoms with Crippen LogP contribution in [0.25, 0.3) is 0 Å². The number of hydrogen-bond donors (Lipinski definition) is 1. The van der Waals surface area contributed by atoms with Gasteiger partial charge in [0.15, 0.2) is 0 Å². The zero-order chi connectivity index (χ0) is 15.5. The molecule has 1 unspecified atom stereocenters. The maximum absolute atomic E-state index is 13.8. The Balaban J connectivity index is 3.16. The third kappa shape index (κ3) is 3.77. The topological polar surface area (TPSA) is 63.4 Å². The van der Waals surface area contributed by atoms with Gasteiger partial charge in [0.2, 0.25) is 10.0 Å². The summed E-state index contributed by atoms with van der Waals surface area (Å²) in [5.74, 6) is -0.381. The van der Waals surface area contributed by atoms with Crippen molar-refractivity contribution in [3.05, 3.63) is 29.6 Å². The predicted octanol–water partition coefficient (Wildman–Crippen LogP) is 2.34. The van der Waals surface area contributed by atoms with Gasteiger partial charge in [0, 0.05) is 19.6 Å². The van der Waals surface area contributed by atoms with Gasteiger partial charge in [0.25, 0.3) is 0 Å². The molecule has 0 amide bonds. The minimum absolute atomic E-state index is 0.175. The molecule has 2 N–H and O–H groups in total. The Morgan fingerprint density at radius 2 is 1.90 bits per heavy atom. The Hall–Kier alpha value is -0.980. The summed E-state index contributed by atoms with van der Waals surface area (Å²) in [4.78, 5) is -0.307. The van der Waals surface area contributed by atoms with Gasteiger partial charge in [-0.1, -0.05) is 19.9 Å². The van der Waals surface area contributed by atoms with Crippen molar-refractivity contribution in [2.45, 2.75) is 44.7 Å². The Labute approximate surface area is 120 Å². The van der Waals surface area contributed by atoms with Gasteiger partial charge in [-0.15, -0.1) is 0 Å². The van der Waals surface area contributed by atoms with E-state index in [2.05, 4.69) is 0 Å². The van der Waals surface area contributed by atoms with Crippen LogP contribution in [0.2, 0.25) is 0 Å². The van der Waals surface area contributed by atoms with Crippen LogP contribution in [0.15, 0.2) is 23.1 Å². The summed E-state index contributed by atoms with van der Waals surface area (Å²) in [7, 11) is -2.36. The molecular formula is C14H23FN2O2S. The normalized spacial score (nSPS) is 14.0. The molecule has 0 fully saturated rings. The molecule has 1 atom stereocenters. The van der Waals surface area contributed by atoms with E-state index in [1.807, 2.05) is 20.8 Å². The van der Waals surface area contributed by atoms with E-state index in [9.17, 15) is 12.8 Å². The second-order valence-corrected chi connectivity index (χ2v) is 7.43. The highest BCUT2D eigenvalue weighted by atomic mass is 32.2. The molecule has 0 aliphatic rings. The second-order valence-electron chi connectivity index (χ2n) is 5.47. The maximum Gasteiger partial charge on any atom is 0.245 e. The first-order valence-corrected chi connectivity index (χ1v) is 8.10. The summed E-state index contributed by atoms with van der Waals surface area (Å²) in [5, 5.41) is 0. The average Bonchev–Trinajstić information content (AvgIpc) is 2.37. The van der Waals surface area contributed by atoms with Crippen molar-refractivity contribution in [1.29, 1.82) is 0 Å². The molecule has 0 bridgehead atoms. The fourth-order valence-corrected chi connectivity index (χ4v) is 3.58. The van der Waals surface area contributed by atoms with Crippen molar-refractivity contribution in [3.8, 4) is 0 Å². The Morgan fingerprint density at radius 3 is 2.40 bits per heavy atom. The molecule has 0 saturated heterocycles. The minimum atomic E-state index is -3.84. The number of halogens is 1. The van der Waals surface area contributed by atoms with E-state index in [0.717, 1.165) is 6.07 Å². The standard InChI is InChI=1S/C14H23FN2O2S/c1-10(2)7-11(3)17(4)20(18,19)14-8-12(9-16)5-6-13(14)15/h5-6,8,10-11H,7,9,16H2,1-4H3. The van der Waals surface area contributed by atoms with E-state index in [0.29, 0.717) is 17.9 Å². The molecule has 1 aromatic rings. The van der Waals surface area contributed by atoms with Crippen LogP contribution in [-0.2, 0) is 16.6 Å². The average molecular weight is 302 g/mol. The van der Waals surface area contributed by atoms with Crippen LogP contribution < -0.4 is 5.73 Å². The largest absolute Gasteiger partial charge is 0.326 e. The zero-order valence-corrected chi connectivity index (χ0v) is 13.2. The smallest absolute Gasteiger partial charge is 0.245 e. The fraction of sp³-hybridized carbons (Fsp3) is 0.571. The third-order valence-corrected chi connectivity index (χ3v) is 5.31. The third-order valence-electron chi connectivity index (χ3n) is 3.32. The first-order chi connectivity index (χ1) is 9.20. The number of sulfonamides is 1. The Morgan fingerprint density at radius 1 is 1.30 bits per heavy atom. The lowest BCUT2D eigenvalue weighted by molar-refractivity contribution is 0.336. The first kappa shape index (κ1) is 17.1. The van der Waals surface area contributed by atoms with Crippen molar-refractivity contribution >= 4 is 10.0 Å². The summed E-state index contributed by atoms with van der Waals surface area (Å²) >= 11 is 0. The summed E-state index contributed by atoms with van der Waals surface area (Å²) in [6, 6.07) is 3.76. The van der Waals surface area contributed by atoms with Crippen LogP contribution in [0, 0.1) is 11.7 Å². The molecule has 0 aliphatic heterocycles. The van der Waals surface area contributed by atoms with E-state index >= 15 is 0 Å². The quantitative estimate of drug-likeness (QED) is 0.877. The van der Waals surface area contributed by atoms with Crippen LogP contribution in [0.5, 0.6) is 0 Å². The summed E-state index contributed by atoms with van der Waals surface area (Å²) in [6.07, 6.45) is 0.716. The van der Waals surface area contributed by atoms with E-state index in [4.69, 9.17) is 5.73 Å². The van der Waals surface area contributed by atoms with E-state index in [1.54, 1.807) is 0 Å². The van der Waals surface area contributed by atoms with Gasteiger partial charge >= 0.3 is 0 Å². The Kier molecular flexibility index (Phi) is 5.68. The fourth-order valence-electron chi connectivity index (χ4n) is 2.10. The summed E-state index contributed by atoms with van der Waals surface area (Å²) in [5.41, 5.74) is 6.08. The van der Waals surface area contributed by atoms with E-state index < -0.39 is 15.8 Å². The SMILES string of the molecule is CC(C)CC(C)N(C)S(=O)(=O)c1cc(CN)ccc1F. The monoisotopic (exact) mass is 302 g/mol. The predicted molar refractivity (Wildman–Crippen MR) is 78.2 cm³/mol. The van der Waals surface area contributed by atoms with Gasteiger partial charge in [-0.3, -0.25) is 0 Å². The lowest BCUT2D eigenvalue weighted by Crippen LogP contribution is -2.36. The highest BCUT2D eigenvalue weighted by molar-refractivity contribution is 7.89. The second kappa shape index (κ2) is 6.65. The number of rotatable bonds is 6. The van der Waals surface area contributed by atoms with Crippen molar-refractivity contribution < 1.29 is 12.8 Å². The van der Waals surface area contributed by atoms with Crippen molar-refractivity contribution in [2.24, 2.45) is 11.7 Å². The molecule has 0 heterocycles. The highest BCUT2D eigenvalue weighted by Crippen LogP contribution is 2.23. The molecule has 1 aromatic carbocycles. The molecule has 1 rings (SSSR count). The zero-order valence-electron chi connectivity index (χ0n) is 12.4. The van der Waals surface area contributed by atoms with Crippen molar-refractivity contribution in [1.82, 2.24) is 4.31 Å². The molecule has 114 valence electrons. The number of nitrogens with two attached hydrogens (primary N) is 1. The Bertz CT molecular complexity index is 558. The van der Waals surface area contributed by atoms with Crippen molar-refractivity contribution in [2.75, 3.05) is 7.05 Å². The molecule has 0 saturated carbocycles. The number of hydrogen-bond acceptors (Lipinski definition) is 3. The van der Waals surface area contributed by atoms with E-state index in [-0.39, 0.29) is 17.5 Å². The minimum Gasteiger partial charge on any atom is -0.326 e. The molecule has 20 heavy (non-hydrogen) atoms. The highest BCUT2D eigenvalue weighted by Gasteiger charge is 2.28. The van der Waals surface area contributed by atoms with Crippen LogP contribution in [0.3, 0.4) is 0 Å². The van der Waals surface area contributed by atoms with E-state index in [1.165, 1.54) is 23.5 Å². The molecule has 0 aromatic heterocycles. The van der Waals surface area contributed by atoms with Crippen LogP contribution in [-0.4, -0.2) is 25.8 Å². The molecule has 6 heteroatoms. The van der Waals surface area contributed by atoms with Crippen LogP contribution >= 0.6 is 0 Å². The van der Waals surface area contributed by atoms with Gasteiger partial charge < -0.3 is 5.73 Å². The van der Waals surface area contributed by atoms with Gasteiger partial charge in [-0.25, -0.2) is 12.8 Å². The summed E-state index contributed by atoms with van der Waals surface area (Å²) < 4.78 is 40.0. The molecule has 0 aliphatic carbocycles. The molecule has 0 radical (unpaired) electrons. The lowest BCUT2D eigenvalue weighted by Gasteiger charge is -2.26. The van der Waals surface area contributed by atoms with Crippen LogP contribution in [0.4, 0.5) is 4.39 Å². The lowest BCUT2D eigenvalue weighted by atomic mass is 10.1. The van der Waals surface area contributed by atoms with Gasteiger partial charge in [-0.2, -0.15) is 4.31 Å². The van der Waals surface area contributed by atoms with Gasteiger partial charge in [0.05, 0.1) is 0 Å². The molecule has 4 nitrogen and oxygen atoms in total. The first-order valence-electron chi connectivity index (χ1n) is 6.66. The molecular weight excluding hydrogens is 279 g/mol. The van der Waals surface area contributed by atoms with Crippen LogP contribution in [0.1, 0.15) is 32.8 Å².